The number of carbonyl (C=O) groups is 2. The van der Waals surface area contributed by atoms with Crippen LogP contribution in [0.25, 0.3) is 0 Å². The topological polar surface area (TPSA) is 54.4 Å². The van der Waals surface area contributed by atoms with Crippen LogP contribution in [0, 0.1) is 57.2 Å². The molecule has 3 nitrogen and oxygen atoms in total. The molecule has 0 spiro atoms. The van der Waals surface area contributed by atoms with Gasteiger partial charge in [-0.2, -0.15) is 0 Å². The van der Waals surface area contributed by atoms with E-state index in [1.54, 1.807) is 0 Å². The molecule has 0 heterocycles. The van der Waals surface area contributed by atoms with E-state index in [4.69, 9.17) is 0 Å². The molecular formula is C33H54O3. The van der Waals surface area contributed by atoms with Gasteiger partial charge in [0, 0.05) is 17.3 Å². The molecule has 5 aliphatic carbocycles. The summed E-state index contributed by atoms with van der Waals surface area (Å²) in [6, 6.07) is 0. The van der Waals surface area contributed by atoms with E-state index in [1.165, 1.54) is 18.4 Å². The predicted octanol–water partition coefficient (Wildman–Crippen LogP) is 7.80. The Morgan fingerprint density at radius 2 is 1.53 bits per heavy atom. The van der Waals surface area contributed by atoms with E-state index in [0.717, 1.165) is 44.9 Å². The zero-order valence-corrected chi connectivity index (χ0v) is 24.7. The lowest BCUT2D eigenvalue weighted by Gasteiger charge is -2.65. The Kier molecular flexibility index (Phi) is 7.29. The Morgan fingerprint density at radius 1 is 0.917 bits per heavy atom. The fourth-order valence-corrected chi connectivity index (χ4v) is 10.2. The largest absolute Gasteiger partial charge is 0.393 e. The van der Waals surface area contributed by atoms with Gasteiger partial charge in [0.05, 0.1) is 6.10 Å². The van der Waals surface area contributed by atoms with Crippen molar-refractivity contribution < 1.29 is 14.7 Å². The average molecular weight is 499 g/mol. The van der Waals surface area contributed by atoms with E-state index in [9.17, 15) is 14.7 Å². The van der Waals surface area contributed by atoms with E-state index in [2.05, 4.69) is 54.5 Å². The molecule has 0 amide bonds. The second kappa shape index (κ2) is 9.35. The first-order valence-electron chi connectivity index (χ1n) is 15.2. The van der Waals surface area contributed by atoms with Crippen molar-refractivity contribution >= 4 is 11.6 Å². The molecule has 10 unspecified atom stereocenters. The fraction of sp³-hybridized carbons (Fsp3) is 0.879. The van der Waals surface area contributed by atoms with Gasteiger partial charge in [-0.25, -0.2) is 0 Å². The number of aliphatic hydroxyl groups is 1. The third-order valence-electron chi connectivity index (χ3n) is 12.1. The molecule has 10 atom stereocenters. The van der Waals surface area contributed by atoms with Gasteiger partial charge >= 0.3 is 0 Å². The first kappa shape index (κ1) is 28.1. The maximum Gasteiger partial charge on any atom is 0.159 e. The summed E-state index contributed by atoms with van der Waals surface area (Å²) in [5.74, 6) is 2.52. The summed E-state index contributed by atoms with van der Waals surface area (Å²) in [4.78, 5) is 27.3. The van der Waals surface area contributed by atoms with E-state index in [-0.39, 0.29) is 45.5 Å². The van der Waals surface area contributed by atoms with E-state index >= 15 is 0 Å². The van der Waals surface area contributed by atoms with Crippen molar-refractivity contribution in [3.05, 3.63) is 11.6 Å². The first-order chi connectivity index (χ1) is 16.7. The third-order valence-corrected chi connectivity index (χ3v) is 12.1. The zero-order valence-electron chi connectivity index (χ0n) is 24.7. The van der Waals surface area contributed by atoms with E-state index < -0.39 is 0 Å². The van der Waals surface area contributed by atoms with Crippen LogP contribution in [0.4, 0.5) is 0 Å². The summed E-state index contributed by atoms with van der Waals surface area (Å²) in [5.41, 5.74) is 1.34. The van der Waals surface area contributed by atoms with Crippen LogP contribution >= 0.6 is 0 Å². The number of allylic oxidation sites excluding steroid dienone is 2. The Bertz CT molecular complexity index is 910. The smallest absolute Gasteiger partial charge is 0.159 e. The number of rotatable bonds is 1. The van der Waals surface area contributed by atoms with Gasteiger partial charge in [-0.15, -0.1) is 0 Å². The Balaban J connectivity index is 0.00000148. The minimum absolute atomic E-state index is 0.0107. The van der Waals surface area contributed by atoms with Crippen molar-refractivity contribution in [1.29, 1.82) is 0 Å². The highest BCUT2D eigenvalue weighted by atomic mass is 16.3. The lowest BCUT2D eigenvalue weighted by molar-refractivity contribution is -0.169. The van der Waals surface area contributed by atoms with Gasteiger partial charge in [-0.3, -0.25) is 9.59 Å². The molecule has 0 bridgehead atoms. The maximum absolute atomic E-state index is 14.1. The standard InChI is InChI=1S/C31H48O3.C2H6/c1-18-21-10-14-31(7)22-9-13-29(5)12-8-19(27(34)28(2,3)4)16-23(29)20(22)17-25(33)26(31)30(21,6)15-11-24(18)32;1-2/h17-19,21-24,26,32H,8-16H2,1-7H3;1-2H3. The van der Waals surface area contributed by atoms with Crippen LogP contribution in [0.3, 0.4) is 0 Å². The van der Waals surface area contributed by atoms with Crippen LogP contribution in [0.1, 0.15) is 120 Å². The number of aliphatic hydroxyl groups excluding tert-OH is 1. The summed E-state index contributed by atoms with van der Waals surface area (Å²) in [6.07, 6.45) is 11.4. The number of hydrogen-bond acceptors (Lipinski definition) is 3. The number of fused-ring (bicyclic) bond motifs is 7. The van der Waals surface area contributed by atoms with Crippen molar-refractivity contribution in [2.75, 3.05) is 0 Å². The zero-order chi connectivity index (χ0) is 26.8. The number of ketones is 2. The molecule has 0 aromatic rings. The summed E-state index contributed by atoms with van der Waals surface area (Å²) in [5, 5.41) is 10.6. The molecule has 0 saturated heterocycles. The van der Waals surface area contributed by atoms with Crippen LogP contribution in [0.2, 0.25) is 0 Å². The lowest BCUT2D eigenvalue weighted by atomic mass is 9.38. The number of Topliss-reactive ketones (excluding diaryl/α,β-unsaturated/α-hetero) is 1. The monoisotopic (exact) mass is 498 g/mol. The molecule has 5 rings (SSSR count). The van der Waals surface area contributed by atoms with Crippen molar-refractivity contribution in [3.63, 3.8) is 0 Å². The summed E-state index contributed by atoms with van der Waals surface area (Å²) < 4.78 is 0. The first-order valence-corrected chi connectivity index (χ1v) is 15.2. The van der Waals surface area contributed by atoms with Crippen LogP contribution in [-0.2, 0) is 9.59 Å². The molecule has 3 heteroatoms. The summed E-state index contributed by atoms with van der Waals surface area (Å²) in [6.45, 7) is 19.6. The molecule has 4 saturated carbocycles. The molecular weight excluding hydrogens is 444 g/mol. The number of hydrogen-bond donors (Lipinski definition) is 1. The van der Waals surface area contributed by atoms with Gasteiger partial charge in [0.15, 0.2) is 5.78 Å². The van der Waals surface area contributed by atoms with Gasteiger partial charge < -0.3 is 5.11 Å². The van der Waals surface area contributed by atoms with Gasteiger partial charge in [0.1, 0.15) is 5.78 Å². The SMILES string of the molecule is CC.CC1C(O)CCC2(C)C1CCC1(C)C3CCC4(C)CCC(C(=O)C(C)(C)C)CC4C3=CC(=O)C12. The molecule has 5 aliphatic rings. The van der Waals surface area contributed by atoms with E-state index in [1.807, 2.05) is 13.8 Å². The van der Waals surface area contributed by atoms with Crippen molar-refractivity contribution in [3.8, 4) is 0 Å². The highest BCUT2D eigenvalue weighted by Crippen LogP contribution is 2.69. The molecule has 0 aromatic heterocycles. The van der Waals surface area contributed by atoms with Crippen LogP contribution in [-0.4, -0.2) is 22.8 Å². The quantitative estimate of drug-likeness (QED) is 0.401. The highest BCUT2D eigenvalue weighted by molar-refractivity contribution is 5.95. The highest BCUT2D eigenvalue weighted by Gasteiger charge is 2.64. The maximum atomic E-state index is 14.1. The average Bonchev–Trinajstić information content (AvgIpc) is 2.81. The van der Waals surface area contributed by atoms with Gasteiger partial charge in [-0.1, -0.05) is 67.9 Å². The minimum atomic E-state index is -0.296. The molecule has 0 aliphatic heterocycles. The summed E-state index contributed by atoms with van der Waals surface area (Å²) in [7, 11) is 0. The Labute approximate surface area is 221 Å². The van der Waals surface area contributed by atoms with Crippen molar-refractivity contribution in [2.24, 2.45) is 57.2 Å². The normalized spacial score (nSPS) is 48.2. The molecule has 36 heavy (non-hydrogen) atoms. The lowest BCUT2D eigenvalue weighted by Crippen LogP contribution is -2.62. The fourth-order valence-electron chi connectivity index (χ4n) is 10.2. The number of carbonyl (C=O) groups excluding carboxylic acids is 2. The molecule has 1 N–H and O–H groups in total. The molecule has 4 fully saturated rings. The van der Waals surface area contributed by atoms with E-state index in [0.29, 0.717) is 29.3 Å². The second-order valence-electron chi connectivity index (χ2n) is 15.0. The van der Waals surface area contributed by atoms with Gasteiger partial charge in [0.2, 0.25) is 0 Å². The molecule has 0 radical (unpaired) electrons. The predicted molar refractivity (Wildman–Crippen MR) is 147 cm³/mol. The Morgan fingerprint density at radius 3 is 2.17 bits per heavy atom. The van der Waals surface area contributed by atoms with Crippen molar-refractivity contribution in [1.82, 2.24) is 0 Å². The van der Waals surface area contributed by atoms with Gasteiger partial charge in [-0.05, 0) is 104 Å². The van der Waals surface area contributed by atoms with Crippen LogP contribution in [0.15, 0.2) is 11.6 Å². The van der Waals surface area contributed by atoms with Crippen LogP contribution < -0.4 is 0 Å². The molecule has 204 valence electrons. The third kappa shape index (κ3) is 4.09. The van der Waals surface area contributed by atoms with Crippen LogP contribution in [0.5, 0.6) is 0 Å². The van der Waals surface area contributed by atoms with Gasteiger partial charge in [0.25, 0.3) is 0 Å². The summed E-state index contributed by atoms with van der Waals surface area (Å²) >= 11 is 0. The second-order valence-corrected chi connectivity index (χ2v) is 15.0. The Hall–Kier alpha value is -0.960. The molecule has 0 aromatic carbocycles. The minimum Gasteiger partial charge on any atom is -0.393 e. The van der Waals surface area contributed by atoms with Crippen molar-refractivity contribution in [2.45, 2.75) is 126 Å².